The normalized spacial score (nSPS) is 16.9. The van der Waals surface area contributed by atoms with E-state index in [-0.39, 0.29) is 17.0 Å². The molecule has 1 amide bonds. The number of amides is 1. The molecule has 1 aromatic carbocycles. The van der Waals surface area contributed by atoms with E-state index in [1.807, 2.05) is 48.0 Å². The molecule has 36 heavy (non-hydrogen) atoms. The van der Waals surface area contributed by atoms with Gasteiger partial charge in [0.15, 0.2) is 0 Å². The first kappa shape index (κ1) is 24.6. The number of thiophene rings is 1. The number of rotatable bonds is 7. The second-order valence-electron chi connectivity index (χ2n) is 9.10. The molecule has 1 saturated heterocycles. The van der Waals surface area contributed by atoms with E-state index in [9.17, 15) is 14.7 Å². The highest BCUT2D eigenvalue weighted by atomic mass is 35.5. The van der Waals surface area contributed by atoms with Gasteiger partial charge in [0.05, 0.1) is 11.1 Å². The second kappa shape index (κ2) is 10.5. The molecule has 0 bridgehead atoms. The predicted molar refractivity (Wildman–Crippen MR) is 142 cm³/mol. The number of nitrogens with one attached hydrogen (secondary N) is 1. The summed E-state index contributed by atoms with van der Waals surface area (Å²) in [4.78, 5) is 34.5. The summed E-state index contributed by atoms with van der Waals surface area (Å²) in [6.07, 6.45) is 4.53. The predicted octanol–water partition coefficient (Wildman–Crippen LogP) is 4.28. The molecule has 1 aliphatic rings. The number of nitrogens with zero attached hydrogens (tertiary/aromatic N) is 3. The summed E-state index contributed by atoms with van der Waals surface area (Å²) in [5.74, 6) is -0.404. The van der Waals surface area contributed by atoms with Gasteiger partial charge in [0.25, 0.3) is 5.91 Å². The molecule has 4 heterocycles. The van der Waals surface area contributed by atoms with Crippen LogP contribution in [0.1, 0.15) is 45.4 Å². The highest BCUT2D eigenvalue weighted by Gasteiger charge is 2.32. The summed E-state index contributed by atoms with van der Waals surface area (Å²) in [6.45, 7) is 1.81. The number of carbonyl (C=O) groups is 1. The van der Waals surface area contributed by atoms with E-state index in [1.54, 1.807) is 35.9 Å². The van der Waals surface area contributed by atoms with Crippen molar-refractivity contribution in [2.75, 3.05) is 6.54 Å². The molecule has 5 rings (SSSR count). The first-order valence-electron chi connectivity index (χ1n) is 11.9. The third-order valence-electron chi connectivity index (χ3n) is 6.64. The largest absolute Gasteiger partial charge is 0.385 e. The standard InChI is InChI=1S/C27H27ClN4O3S/c1-31-16-21(26(35)30-14-17-7-9-18(28)10-8-17)24(33)20-13-19(36-27(20)31)15-32-12-4-6-23(32)25(34)22-5-2-3-11-29-22/h2-3,5,7-11,13,16,23,25,34H,4,6,12,14-15H2,1H3,(H,30,35)/t23?,25-/m0/s1. The number of likely N-dealkylation sites (tertiary alicyclic amines) is 1. The van der Waals surface area contributed by atoms with Crippen LogP contribution < -0.4 is 10.7 Å². The zero-order valence-corrected chi connectivity index (χ0v) is 21.4. The first-order valence-corrected chi connectivity index (χ1v) is 13.1. The number of benzene rings is 1. The van der Waals surface area contributed by atoms with Crippen LogP contribution in [-0.2, 0) is 20.1 Å². The number of aliphatic hydroxyl groups excluding tert-OH is 1. The van der Waals surface area contributed by atoms with Crippen molar-refractivity contribution in [2.45, 2.75) is 38.1 Å². The lowest BCUT2D eigenvalue weighted by molar-refractivity contribution is 0.0662. The van der Waals surface area contributed by atoms with Crippen LogP contribution in [0.2, 0.25) is 5.02 Å². The van der Waals surface area contributed by atoms with Crippen molar-refractivity contribution in [3.63, 3.8) is 0 Å². The minimum atomic E-state index is -0.662. The van der Waals surface area contributed by atoms with Gasteiger partial charge in [-0.05, 0) is 55.3 Å². The fourth-order valence-corrected chi connectivity index (χ4v) is 6.03. The van der Waals surface area contributed by atoms with Crippen LogP contribution in [0, 0.1) is 0 Å². The minimum Gasteiger partial charge on any atom is -0.385 e. The lowest BCUT2D eigenvalue weighted by Crippen LogP contribution is -2.34. The molecule has 1 aliphatic heterocycles. The van der Waals surface area contributed by atoms with E-state index < -0.39 is 12.0 Å². The molecule has 3 aromatic heterocycles. The molecule has 2 atom stereocenters. The molecule has 0 radical (unpaired) electrons. The van der Waals surface area contributed by atoms with Crippen LogP contribution in [0.4, 0.5) is 0 Å². The maximum Gasteiger partial charge on any atom is 0.257 e. The number of carbonyl (C=O) groups excluding carboxylic acids is 1. The average Bonchev–Trinajstić information content (AvgIpc) is 3.54. The number of fused-ring (bicyclic) bond motifs is 1. The molecule has 0 aliphatic carbocycles. The molecular weight excluding hydrogens is 496 g/mol. The average molecular weight is 523 g/mol. The van der Waals surface area contributed by atoms with Gasteiger partial charge in [0.1, 0.15) is 16.5 Å². The number of aliphatic hydroxyl groups is 1. The number of aryl methyl sites for hydroxylation is 1. The molecule has 0 spiro atoms. The molecule has 1 fully saturated rings. The summed E-state index contributed by atoms with van der Waals surface area (Å²) in [6, 6.07) is 14.6. The van der Waals surface area contributed by atoms with Crippen molar-refractivity contribution in [3.05, 3.63) is 97.9 Å². The number of hydrogen-bond donors (Lipinski definition) is 2. The Kier molecular flexibility index (Phi) is 7.20. The Morgan fingerprint density at radius 2 is 2.08 bits per heavy atom. The lowest BCUT2D eigenvalue weighted by Gasteiger charge is -2.27. The van der Waals surface area contributed by atoms with Gasteiger partial charge in [-0.2, -0.15) is 0 Å². The third-order valence-corrected chi connectivity index (χ3v) is 8.10. The Bertz CT molecular complexity index is 1440. The monoisotopic (exact) mass is 522 g/mol. The van der Waals surface area contributed by atoms with Crippen molar-refractivity contribution >= 4 is 39.1 Å². The van der Waals surface area contributed by atoms with Crippen molar-refractivity contribution in [1.82, 2.24) is 19.8 Å². The highest BCUT2D eigenvalue weighted by molar-refractivity contribution is 7.18. The van der Waals surface area contributed by atoms with Gasteiger partial charge in [-0.15, -0.1) is 11.3 Å². The van der Waals surface area contributed by atoms with E-state index in [1.165, 1.54) is 0 Å². The van der Waals surface area contributed by atoms with Crippen LogP contribution in [0.15, 0.2) is 65.7 Å². The Morgan fingerprint density at radius 1 is 1.28 bits per heavy atom. The minimum absolute atomic E-state index is 0.0280. The van der Waals surface area contributed by atoms with Crippen LogP contribution >= 0.6 is 22.9 Å². The summed E-state index contributed by atoms with van der Waals surface area (Å²) in [7, 11) is 1.85. The van der Waals surface area contributed by atoms with Crippen molar-refractivity contribution in [2.24, 2.45) is 7.05 Å². The van der Waals surface area contributed by atoms with Crippen LogP contribution in [0.3, 0.4) is 0 Å². The smallest absolute Gasteiger partial charge is 0.257 e. The van der Waals surface area contributed by atoms with Gasteiger partial charge in [-0.3, -0.25) is 19.5 Å². The molecule has 186 valence electrons. The molecular formula is C27H27ClN4O3S. The van der Waals surface area contributed by atoms with Crippen LogP contribution in [-0.4, -0.2) is 38.1 Å². The molecule has 9 heteroatoms. The fraction of sp³-hybridized carbons (Fsp3) is 0.296. The Labute approximate surface area is 218 Å². The SMILES string of the molecule is Cn1cc(C(=O)NCc2ccc(Cl)cc2)c(=O)c2cc(CN3CCCC3[C@@H](O)c3ccccn3)sc21. The number of pyridine rings is 2. The van der Waals surface area contributed by atoms with Gasteiger partial charge < -0.3 is 15.0 Å². The zero-order valence-electron chi connectivity index (χ0n) is 19.9. The van der Waals surface area contributed by atoms with Crippen LogP contribution in [0.5, 0.6) is 0 Å². The van der Waals surface area contributed by atoms with Crippen molar-refractivity contribution < 1.29 is 9.90 Å². The van der Waals surface area contributed by atoms with Gasteiger partial charge in [0, 0.05) is 48.5 Å². The lowest BCUT2D eigenvalue weighted by atomic mass is 10.0. The Balaban J connectivity index is 1.34. The van der Waals surface area contributed by atoms with Crippen LogP contribution in [0.25, 0.3) is 10.2 Å². The molecule has 0 saturated carbocycles. The Hall–Kier alpha value is -3.04. The van der Waals surface area contributed by atoms with Crippen molar-refractivity contribution in [1.29, 1.82) is 0 Å². The number of hydrogen-bond acceptors (Lipinski definition) is 6. The molecule has 4 aromatic rings. The Morgan fingerprint density at radius 3 is 2.83 bits per heavy atom. The molecule has 7 nitrogen and oxygen atoms in total. The maximum atomic E-state index is 13.2. The van der Waals surface area contributed by atoms with E-state index in [2.05, 4.69) is 15.2 Å². The zero-order chi connectivity index (χ0) is 25.2. The maximum absolute atomic E-state index is 13.2. The van der Waals surface area contributed by atoms with E-state index in [0.29, 0.717) is 29.2 Å². The quantitative estimate of drug-likeness (QED) is 0.378. The fourth-order valence-electron chi connectivity index (χ4n) is 4.79. The summed E-state index contributed by atoms with van der Waals surface area (Å²) in [5.41, 5.74) is 1.42. The van der Waals surface area contributed by atoms with Gasteiger partial charge >= 0.3 is 0 Å². The third kappa shape index (κ3) is 5.08. The first-order chi connectivity index (χ1) is 17.4. The summed E-state index contributed by atoms with van der Waals surface area (Å²) < 4.78 is 1.84. The molecule has 1 unspecified atom stereocenters. The van der Waals surface area contributed by atoms with Gasteiger partial charge in [-0.1, -0.05) is 29.8 Å². The van der Waals surface area contributed by atoms with Gasteiger partial charge in [0.2, 0.25) is 5.43 Å². The number of halogens is 1. The number of aromatic nitrogens is 2. The van der Waals surface area contributed by atoms with Gasteiger partial charge in [-0.25, -0.2) is 0 Å². The summed E-state index contributed by atoms with van der Waals surface area (Å²) >= 11 is 7.47. The second-order valence-corrected chi connectivity index (χ2v) is 10.7. The summed E-state index contributed by atoms with van der Waals surface area (Å²) in [5, 5.41) is 14.9. The van der Waals surface area contributed by atoms with E-state index in [0.717, 1.165) is 34.7 Å². The topological polar surface area (TPSA) is 87.5 Å². The van der Waals surface area contributed by atoms with Crippen molar-refractivity contribution in [3.8, 4) is 0 Å². The highest BCUT2D eigenvalue weighted by Crippen LogP contribution is 2.32. The molecule has 2 N–H and O–H groups in total. The van der Waals surface area contributed by atoms with E-state index in [4.69, 9.17) is 11.6 Å². The van der Waals surface area contributed by atoms with E-state index >= 15 is 0 Å².